The van der Waals surface area contributed by atoms with Gasteiger partial charge < -0.3 is 0 Å². The fraction of sp³-hybridized carbons (Fsp3) is 0. The van der Waals surface area contributed by atoms with Crippen molar-refractivity contribution in [3.05, 3.63) is 188 Å². The second kappa shape index (κ2) is 11.9. The lowest BCUT2D eigenvalue weighted by Gasteiger charge is -2.15. The average molecular weight is 650 g/mol. The Morgan fingerprint density at radius 2 is 0.882 bits per heavy atom. The molecule has 0 bridgehead atoms. The van der Waals surface area contributed by atoms with Crippen LogP contribution in [0.25, 0.3) is 94.1 Å². The van der Waals surface area contributed by atoms with Gasteiger partial charge in [-0.25, -0.2) is 9.97 Å². The molecule has 0 aliphatic heterocycles. The van der Waals surface area contributed by atoms with Crippen molar-refractivity contribution in [2.45, 2.75) is 0 Å². The van der Waals surface area contributed by atoms with Crippen LogP contribution in [0.3, 0.4) is 0 Å². The molecule has 0 N–H and O–H groups in total. The number of benzene rings is 8. The van der Waals surface area contributed by atoms with Crippen LogP contribution in [-0.2, 0) is 0 Å². The van der Waals surface area contributed by atoms with Crippen LogP contribution in [0, 0.1) is 0 Å². The quantitative estimate of drug-likeness (QED) is 0.186. The number of hydrogen-bond acceptors (Lipinski definition) is 2. The molecule has 2 aromatic heterocycles. The Bertz CT molecular complexity index is 2830. The van der Waals surface area contributed by atoms with Crippen molar-refractivity contribution in [3.63, 3.8) is 0 Å². The van der Waals surface area contributed by atoms with Crippen LogP contribution in [-0.4, -0.2) is 14.5 Å². The highest BCUT2D eigenvalue weighted by Crippen LogP contribution is 2.39. The fourth-order valence-corrected chi connectivity index (χ4v) is 7.53. The van der Waals surface area contributed by atoms with Gasteiger partial charge >= 0.3 is 0 Å². The maximum absolute atomic E-state index is 5.29. The van der Waals surface area contributed by atoms with Crippen LogP contribution < -0.4 is 0 Å². The van der Waals surface area contributed by atoms with Crippen LogP contribution in [0.1, 0.15) is 0 Å². The molecule has 0 amide bonds. The lowest BCUT2D eigenvalue weighted by atomic mass is 9.93. The fourth-order valence-electron chi connectivity index (χ4n) is 7.53. The van der Waals surface area contributed by atoms with Crippen molar-refractivity contribution in [2.75, 3.05) is 0 Å². The van der Waals surface area contributed by atoms with E-state index in [9.17, 15) is 0 Å². The predicted octanol–water partition coefficient (Wildman–Crippen LogP) is 12.5. The molecule has 0 radical (unpaired) electrons. The Kier molecular flexibility index (Phi) is 6.81. The summed E-state index contributed by atoms with van der Waals surface area (Å²) in [6.07, 6.45) is 0. The number of rotatable bonds is 5. The topological polar surface area (TPSA) is 30.7 Å². The summed E-state index contributed by atoms with van der Waals surface area (Å²) in [5, 5.41) is 3.44. The van der Waals surface area contributed by atoms with Crippen molar-refractivity contribution in [3.8, 4) is 50.2 Å². The second-order valence-electron chi connectivity index (χ2n) is 13.0. The maximum Gasteiger partial charge on any atom is 0.165 e. The molecule has 0 atom stereocenters. The number of hydrogen-bond donors (Lipinski definition) is 0. The normalized spacial score (nSPS) is 11.5. The molecule has 3 nitrogen and oxygen atoms in total. The lowest BCUT2D eigenvalue weighted by molar-refractivity contribution is 1.15. The summed E-state index contributed by atoms with van der Waals surface area (Å²) in [4.78, 5) is 10.5. The second-order valence-corrected chi connectivity index (χ2v) is 13.0. The summed E-state index contributed by atoms with van der Waals surface area (Å²) < 4.78 is 2.32. The molecular weight excluding hydrogens is 619 g/mol. The molecule has 8 aromatic carbocycles. The minimum Gasteiger partial charge on any atom is -0.292 e. The summed E-state index contributed by atoms with van der Waals surface area (Å²) in [6.45, 7) is 0. The van der Waals surface area contributed by atoms with E-state index in [0.29, 0.717) is 0 Å². The molecule has 238 valence electrons. The Morgan fingerprint density at radius 1 is 0.333 bits per heavy atom. The van der Waals surface area contributed by atoms with Gasteiger partial charge in [0.1, 0.15) is 5.52 Å². The molecule has 0 aliphatic carbocycles. The predicted molar refractivity (Wildman–Crippen MR) is 213 cm³/mol. The lowest BCUT2D eigenvalue weighted by Crippen LogP contribution is -1.98. The molecule has 10 aromatic rings. The largest absolute Gasteiger partial charge is 0.292 e. The maximum atomic E-state index is 5.29. The van der Waals surface area contributed by atoms with Crippen molar-refractivity contribution in [2.24, 2.45) is 0 Å². The van der Waals surface area contributed by atoms with Gasteiger partial charge in [0.2, 0.25) is 0 Å². The number of para-hydroxylation sites is 2. The zero-order valence-electron chi connectivity index (χ0n) is 27.7. The minimum atomic E-state index is 0.849. The van der Waals surface area contributed by atoms with Gasteiger partial charge in [-0.15, -0.1) is 0 Å². The van der Waals surface area contributed by atoms with E-state index in [4.69, 9.17) is 9.97 Å². The van der Waals surface area contributed by atoms with E-state index < -0.39 is 0 Å². The smallest absolute Gasteiger partial charge is 0.165 e. The first kappa shape index (κ1) is 29.1. The van der Waals surface area contributed by atoms with Gasteiger partial charge in [-0.05, 0) is 98.4 Å². The van der Waals surface area contributed by atoms with Gasteiger partial charge in [-0.2, -0.15) is 0 Å². The summed E-state index contributed by atoms with van der Waals surface area (Å²) >= 11 is 0. The van der Waals surface area contributed by atoms with Crippen LogP contribution in [0.15, 0.2) is 188 Å². The van der Waals surface area contributed by atoms with Gasteiger partial charge in [0.25, 0.3) is 0 Å². The first-order valence-electron chi connectivity index (χ1n) is 17.3. The molecule has 0 saturated carbocycles. The zero-order valence-corrected chi connectivity index (χ0v) is 27.7. The Labute approximate surface area is 295 Å². The van der Waals surface area contributed by atoms with Crippen molar-refractivity contribution in [1.29, 1.82) is 0 Å². The molecule has 51 heavy (non-hydrogen) atoms. The van der Waals surface area contributed by atoms with E-state index in [1.807, 2.05) is 24.3 Å². The number of fused-ring (bicyclic) bond motifs is 5. The van der Waals surface area contributed by atoms with Gasteiger partial charge in [-0.1, -0.05) is 140 Å². The Morgan fingerprint density at radius 3 is 1.55 bits per heavy atom. The summed E-state index contributed by atoms with van der Waals surface area (Å²) in [7, 11) is 0. The standard InChI is InChI=1S/C48H31N3/c1-4-14-32(15-5-1)36-28-37(33-16-6-2-7-17-33)30-38(29-36)35-26-27-42-46(31-35)51(48-47(42)49-43-23-10-11-24-44(43)50-48)45-25-13-21-40-39(20-12-22-41(40)45)34-18-8-3-9-19-34/h1-31H. The summed E-state index contributed by atoms with van der Waals surface area (Å²) in [6, 6.07) is 66.9. The average Bonchev–Trinajstić information content (AvgIpc) is 3.52. The molecule has 2 heterocycles. The first-order chi connectivity index (χ1) is 25.3. The van der Waals surface area contributed by atoms with Crippen LogP contribution >= 0.6 is 0 Å². The van der Waals surface area contributed by atoms with Crippen molar-refractivity contribution >= 4 is 43.9 Å². The zero-order chi connectivity index (χ0) is 33.7. The SMILES string of the molecule is c1ccc(-c2cc(-c3ccccc3)cc(-c3ccc4c5nc6ccccc6nc5n(-c5cccc6c(-c7ccccc7)cccc56)c4c3)c2)cc1. The summed E-state index contributed by atoms with van der Waals surface area (Å²) in [5.74, 6) is 0. The van der Waals surface area contributed by atoms with Crippen molar-refractivity contribution in [1.82, 2.24) is 14.5 Å². The van der Waals surface area contributed by atoms with Crippen LogP contribution in [0.5, 0.6) is 0 Å². The van der Waals surface area contributed by atoms with Crippen LogP contribution in [0.4, 0.5) is 0 Å². The van der Waals surface area contributed by atoms with E-state index in [0.717, 1.165) is 55.3 Å². The minimum absolute atomic E-state index is 0.849. The van der Waals surface area contributed by atoms with E-state index in [1.165, 1.54) is 38.8 Å². The molecule has 0 spiro atoms. The van der Waals surface area contributed by atoms with Gasteiger partial charge in [0.05, 0.1) is 22.2 Å². The highest BCUT2D eigenvalue weighted by atomic mass is 15.1. The third-order valence-corrected chi connectivity index (χ3v) is 9.96. The van der Waals surface area contributed by atoms with E-state index in [1.54, 1.807) is 0 Å². The number of nitrogens with zero attached hydrogens (tertiary/aromatic N) is 3. The molecule has 0 saturated heterocycles. The third-order valence-electron chi connectivity index (χ3n) is 9.96. The van der Waals surface area contributed by atoms with E-state index >= 15 is 0 Å². The monoisotopic (exact) mass is 649 g/mol. The molecule has 0 aliphatic rings. The third kappa shape index (κ3) is 4.98. The molecule has 10 rings (SSSR count). The first-order valence-corrected chi connectivity index (χ1v) is 17.3. The molecule has 0 unspecified atom stereocenters. The number of aromatic nitrogens is 3. The summed E-state index contributed by atoms with van der Waals surface area (Å²) in [5.41, 5.74) is 15.1. The Hall–Kier alpha value is -6.84. The van der Waals surface area contributed by atoms with Crippen molar-refractivity contribution < 1.29 is 0 Å². The van der Waals surface area contributed by atoms with Gasteiger partial charge in [0.15, 0.2) is 5.65 Å². The highest BCUT2D eigenvalue weighted by molar-refractivity contribution is 6.11. The van der Waals surface area contributed by atoms with Gasteiger partial charge in [0, 0.05) is 10.8 Å². The van der Waals surface area contributed by atoms with Crippen LogP contribution in [0.2, 0.25) is 0 Å². The van der Waals surface area contributed by atoms with E-state index in [2.05, 4.69) is 168 Å². The molecular formula is C48H31N3. The molecule has 0 fully saturated rings. The van der Waals surface area contributed by atoms with E-state index in [-0.39, 0.29) is 0 Å². The van der Waals surface area contributed by atoms with Gasteiger partial charge in [-0.3, -0.25) is 4.57 Å². The highest BCUT2D eigenvalue weighted by Gasteiger charge is 2.19. The molecule has 3 heteroatoms. The Balaban J connectivity index is 1.26.